The molecule has 0 aromatic heterocycles. The van der Waals surface area contributed by atoms with E-state index in [0.29, 0.717) is 26.1 Å². The Morgan fingerprint density at radius 2 is 1.61 bits per heavy atom. The van der Waals surface area contributed by atoms with E-state index in [1.165, 1.54) is 0 Å². The van der Waals surface area contributed by atoms with Gasteiger partial charge in [-0.25, -0.2) is 13.1 Å². The Morgan fingerprint density at radius 1 is 0.972 bits per heavy atom. The van der Waals surface area contributed by atoms with Crippen molar-refractivity contribution < 1.29 is 22.7 Å². The summed E-state index contributed by atoms with van der Waals surface area (Å²) in [4.78, 5) is 27.9. The van der Waals surface area contributed by atoms with Crippen molar-refractivity contribution in [2.24, 2.45) is 0 Å². The lowest BCUT2D eigenvalue weighted by Gasteiger charge is -2.29. The van der Waals surface area contributed by atoms with Gasteiger partial charge in [-0.15, -0.1) is 0 Å². The van der Waals surface area contributed by atoms with Crippen LogP contribution in [-0.4, -0.2) is 51.4 Å². The minimum absolute atomic E-state index is 0.147. The normalized spacial score (nSPS) is 12.1. The van der Waals surface area contributed by atoms with E-state index in [1.807, 2.05) is 24.3 Å². The number of unbranched alkanes of at least 4 members (excludes halogenated alkanes) is 2. The van der Waals surface area contributed by atoms with Gasteiger partial charge in [-0.2, -0.15) is 0 Å². The number of rotatable bonds is 15. The first kappa shape index (κ1) is 29.3. The summed E-state index contributed by atoms with van der Waals surface area (Å²) in [6, 6.07) is 13.3. The van der Waals surface area contributed by atoms with E-state index >= 15 is 0 Å². The highest BCUT2D eigenvalue weighted by molar-refractivity contribution is 7.89. The van der Waals surface area contributed by atoms with Gasteiger partial charge in [0, 0.05) is 26.1 Å². The molecule has 0 unspecified atom stereocenters. The molecule has 0 heterocycles. The fourth-order valence-electron chi connectivity index (χ4n) is 3.75. The Labute approximate surface area is 215 Å². The number of nitrogens with zero attached hydrogens (tertiary/aromatic N) is 1. The lowest BCUT2D eigenvalue weighted by molar-refractivity contribution is -0.140. The molecule has 198 valence electrons. The summed E-state index contributed by atoms with van der Waals surface area (Å²) >= 11 is 0. The molecular weight excluding hydrogens is 478 g/mol. The maximum absolute atomic E-state index is 13.3. The average Bonchev–Trinajstić information content (AvgIpc) is 2.88. The summed E-state index contributed by atoms with van der Waals surface area (Å²) in [5.41, 5.74) is 1.74. The van der Waals surface area contributed by atoms with Crippen LogP contribution in [0.3, 0.4) is 0 Å². The van der Waals surface area contributed by atoms with Crippen LogP contribution in [0.5, 0.6) is 5.75 Å². The van der Waals surface area contributed by atoms with Gasteiger partial charge in [-0.05, 0) is 55.2 Å². The monoisotopic (exact) mass is 517 g/mol. The van der Waals surface area contributed by atoms with Crippen LogP contribution in [-0.2, 0) is 32.6 Å². The van der Waals surface area contributed by atoms with E-state index < -0.39 is 16.1 Å². The fraction of sp³-hybridized carbons (Fsp3) is 0.481. The molecule has 1 atom stereocenters. The molecular formula is C27H39N3O5S. The standard InChI is InChI=1S/C27H39N3O5S/c1-5-7-8-19-28-27(32)21(3)30(20-23-9-14-24(35-4)15-10-23)26(31)18-13-22-11-16-25(17-12-22)36(33,34)29-6-2/h9-12,14-17,21,29H,5-8,13,18-20H2,1-4H3,(H,28,32)/t21-/m1/s1. The minimum Gasteiger partial charge on any atom is -0.497 e. The van der Waals surface area contributed by atoms with Crippen LogP contribution in [0, 0.1) is 0 Å². The number of ether oxygens (including phenoxy) is 1. The van der Waals surface area contributed by atoms with Crippen molar-refractivity contribution in [3.63, 3.8) is 0 Å². The quantitative estimate of drug-likeness (QED) is 0.351. The number of methoxy groups -OCH3 is 1. The molecule has 0 aliphatic carbocycles. The number of sulfonamides is 1. The second-order valence-electron chi connectivity index (χ2n) is 8.69. The number of carbonyl (C=O) groups excluding carboxylic acids is 2. The zero-order chi connectivity index (χ0) is 26.6. The topological polar surface area (TPSA) is 105 Å². The minimum atomic E-state index is -3.52. The van der Waals surface area contributed by atoms with Gasteiger partial charge in [0.1, 0.15) is 11.8 Å². The van der Waals surface area contributed by atoms with Gasteiger partial charge in [0.05, 0.1) is 12.0 Å². The highest BCUT2D eigenvalue weighted by Gasteiger charge is 2.26. The van der Waals surface area contributed by atoms with Crippen molar-refractivity contribution in [1.29, 1.82) is 0 Å². The highest BCUT2D eigenvalue weighted by Crippen LogP contribution is 2.17. The third-order valence-corrected chi connectivity index (χ3v) is 7.52. The van der Waals surface area contributed by atoms with E-state index in [1.54, 1.807) is 50.1 Å². The molecule has 0 aliphatic heterocycles. The molecule has 0 fully saturated rings. The second-order valence-corrected chi connectivity index (χ2v) is 10.5. The van der Waals surface area contributed by atoms with Gasteiger partial charge in [0.2, 0.25) is 21.8 Å². The molecule has 9 heteroatoms. The molecule has 0 bridgehead atoms. The number of hydrogen-bond acceptors (Lipinski definition) is 5. The van der Waals surface area contributed by atoms with Crippen molar-refractivity contribution in [2.45, 2.75) is 70.4 Å². The number of amides is 2. The zero-order valence-corrected chi connectivity index (χ0v) is 22.6. The van der Waals surface area contributed by atoms with Gasteiger partial charge in [0.25, 0.3) is 0 Å². The molecule has 0 radical (unpaired) electrons. The average molecular weight is 518 g/mol. The second kappa shape index (κ2) is 14.6. The van der Waals surface area contributed by atoms with E-state index in [0.717, 1.165) is 36.1 Å². The molecule has 2 amide bonds. The molecule has 0 aliphatic rings. The zero-order valence-electron chi connectivity index (χ0n) is 21.7. The van der Waals surface area contributed by atoms with Crippen LogP contribution in [0.1, 0.15) is 57.6 Å². The Bertz CT molecular complexity index is 1070. The van der Waals surface area contributed by atoms with Crippen LogP contribution in [0.2, 0.25) is 0 Å². The molecule has 0 spiro atoms. The molecule has 2 aromatic carbocycles. The third kappa shape index (κ3) is 8.95. The van der Waals surface area contributed by atoms with E-state index in [9.17, 15) is 18.0 Å². The summed E-state index contributed by atoms with van der Waals surface area (Å²) in [5.74, 6) is 0.398. The Kier molecular flexibility index (Phi) is 11.9. The maximum Gasteiger partial charge on any atom is 0.242 e. The number of aryl methyl sites for hydroxylation is 1. The molecule has 2 N–H and O–H groups in total. The molecule has 0 saturated carbocycles. The number of nitrogens with one attached hydrogen (secondary N) is 2. The highest BCUT2D eigenvalue weighted by atomic mass is 32.2. The van der Waals surface area contributed by atoms with Crippen molar-refractivity contribution >= 4 is 21.8 Å². The van der Waals surface area contributed by atoms with Gasteiger partial charge in [-0.1, -0.05) is 51.0 Å². The Balaban J connectivity index is 2.10. The van der Waals surface area contributed by atoms with Crippen LogP contribution < -0.4 is 14.8 Å². The Morgan fingerprint density at radius 3 is 2.19 bits per heavy atom. The fourth-order valence-corrected chi connectivity index (χ4v) is 4.79. The van der Waals surface area contributed by atoms with Crippen LogP contribution in [0.15, 0.2) is 53.4 Å². The first-order valence-corrected chi connectivity index (χ1v) is 14.0. The first-order valence-electron chi connectivity index (χ1n) is 12.5. The summed E-state index contributed by atoms with van der Waals surface area (Å²) < 4.78 is 32.0. The predicted molar refractivity (Wildman–Crippen MR) is 141 cm³/mol. The third-order valence-electron chi connectivity index (χ3n) is 5.95. The van der Waals surface area contributed by atoms with Crippen molar-refractivity contribution in [3.8, 4) is 5.75 Å². The van der Waals surface area contributed by atoms with Gasteiger partial charge >= 0.3 is 0 Å². The molecule has 0 saturated heterocycles. The predicted octanol–water partition coefficient (Wildman–Crippen LogP) is 3.65. The lowest BCUT2D eigenvalue weighted by atomic mass is 10.1. The SMILES string of the molecule is CCCCCNC(=O)[C@@H](C)N(Cc1ccc(OC)cc1)C(=O)CCc1ccc(S(=O)(=O)NCC)cc1. The summed E-state index contributed by atoms with van der Waals surface area (Å²) in [5, 5.41) is 2.95. The summed E-state index contributed by atoms with van der Waals surface area (Å²) in [7, 11) is -1.93. The lowest BCUT2D eigenvalue weighted by Crippen LogP contribution is -2.47. The molecule has 2 aromatic rings. The maximum atomic E-state index is 13.3. The Hall–Kier alpha value is -2.91. The molecule has 2 rings (SSSR count). The smallest absolute Gasteiger partial charge is 0.242 e. The van der Waals surface area contributed by atoms with E-state index in [2.05, 4.69) is 17.0 Å². The van der Waals surface area contributed by atoms with E-state index in [-0.39, 0.29) is 23.1 Å². The van der Waals surface area contributed by atoms with Crippen molar-refractivity contribution in [2.75, 3.05) is 20.2 Å². The van der Waals surface area contributed by atoms with Gasteiger partial charge in [0.15, 0.2) is 0 Å². The molecule has 8 nitrogen and oxygen atoms in total. The van der Waals surface area contributed by atoms with Crippen LogP contribution >= 0.6 is 0 Å². The van der Waals surface area contributed by atoms with Crippen molar-refractivity contribution in [3.05, 3.63) is 59.7 Å². The molecule has 36 heavy (non-hydrogen) atoms. The van der Waals surface area contributed by atoms with Crippen LogP contribution in [0.25, 0.3) is 0 Å². The van der Waals surface area contributed by atoms with Gasteiger partial charge in [-0.3, -0.25) is 9.59 Å². The van der Waals surface area contributed by atoms with E-state index in [4.69, 9.17) is 4.74 Å². The summed E-state index contributed by atoms with van der Waals surface area (Å²) in [6.07, 6.45) is 3.64. The van der Waals surface area contributed by atoms with Crippen molar-refractivity contribution in [1.82, 2.24) is 14.9 Å². The number of hydrogen-bond donors (Lipinski definition) is 2. The van der Waals surface area contributed by atoms with Gasteiger partial charge < -0.3 is 15.0 Å². The largest absolute Gasteiger partial charge is 0.497 e. The number of benzene rings is 2. The first-order chi connectivity index (χ1) is 17.2. The number of carbonyl (C=O) groups is 2. The summed E-state index contributed by atoms with van der Waals surface area (Å²) in [6.45, 7) is 6.77. The van der Waals surface area contributed by atoms with Crippen LogP contribution in [0.4, 0.5) is 0 Å².